The number of hydrogen-bond donors (Lipinski definition) is 0. The van der Waals surface area contributed by atoms with E-state index in [0.717, 1.165) is 31.6 Å². The molecule has 0 amide bonds. The maximum absolute atomic E-state index is 9.19. The van der Waals surface area contributed by atoms with Crippen molar-refractivity contribution in [3.05, 3.63) is 84.1 Å². The van der Waals surface area contributed by atoms with E-state index in [1.54, 1.807) is 0 Å². The number of likely N-dealkylation sites (tertiary alicyclic amines) is 1. The van der Waals surface area contributed by atoms with E-state index in [2.05, 4.69) is 76.3 Å². The highest BCUT2D eigenvalue weighted by Gasteiger charge is 2.22. The third-order valence-electron chi connectivity index (χ3n) is 6.26. The van der Waals surface area contributed by atoms with E-state index in [4.69, 9.17) is 0 Å². The van der Waals surface area contributed by atoms with E-state index < -0.39 is 0 Å². The van der Waals surface area contributed by atoms with E-state index in [9.17, 15) is 5.26 Å². The second kappa shape index (κ2) is 7.73. The fourth-order valence-electron chi connectivity index (χ4n) is 4.64. The first-order chi connectivity index (χ1) is 14.3. The van der Waals surface area contributed by atoms with Crippen LogP contribution in [-0.2, 0) is 13.0 Å². The van der Waals surface area contributed by atoms with Crippen LogP contribution in [0.5, 0.6) is 0 Å². The Morgan fingerprint density at radius 1 is 0.931 bits per heavy atom. The predicted octanol–water partition coefficient (Wildman–Crippen LogP) is 5.23. The minimum absolute atomic E-state index is 0.674. The standard InChI is InChI=1S/C26H25N3/c27-17-21-6-8-24-11-14-29(26(24)16-21)19-22-10-13-28(18-22)12-9-20-5-7-23-3-1-2-4-25(23)15-20/h1-8,11,14-16,22H,9-10,12-13,18-19H2. The molecule has 0 N–H and O–H groups in total. The maximum atomic E-state index is 9.19. The van der Waals surface area contributed by atoms with E-state index in [1.807, 2.05) is 12.1 Å². The molecule has 0 radical (unpaired) electrons. The van der Waals surface area contributed by atoms with Gasteiger partial charge in [-0.2, -0.15) is 5.26 Å². The van der Waals surface area contributed by atoms with Gasteiger partial charge in [0.15, 0.2) is 0 Å². The summed E-state index contributed by atoms with van der Waals surface area (Å²) >= 11 is 0. The fourth-order valence-corrected chi connectivity index (χ4v) is 4.64. The van der Waals surface area contributed by atoms with E-state index in [0.29, 0.717) is 5.92 Å². The molecule has 29 heavy (non-hydrogen) atoms. The monoisotopic (exact) mass is 379 g/mol. The van der Waals surface area contributed by atoms with Crippen molar-refractivity contribution in [2.75, 3.05) is 19.6 Å². The van der Waals surface area contributed by atoms with Crippen molar-refractivity contribution in [3.8, 4) is 6.07 Å². The first-order valence-electron chi connectivity index (χ1n) is 10.5. The van der Waals surface area contributed by atoms with Gasteiger partial charge < -0.3 is 9.47 Å². The predicted molar refractivity (Wildman–Crippen MR) is 119 cm³/mol. The molecular weight excluding hydrogens is 354 g/mol. The Bertz CT molecular complexity index is 1200. The third-order valence-corrected chi connectivity index (χ3v) is 6.26. The van der Waals surface area contributed by atoms with Crippen LogP contribution in [0.3, 0.4) is 0 Å². The molecule has 1 aliphatic rings. The zero-order chi connectivity index (χ0) is 19.6. The Kier molecular flexibility index (Phi) is 4.79. The summed E-state index contributed by atoms with van der Waals surface area (Å²) in [5, 5.41) is 13.1. The molecule has 1 fully saturated rings. The average Bonchev–Trinajstić information content (AvgIpc) is 3.39. The second-order valence-corrected chi connectivity index (χ2v) is 8.24. The van der Waals surface area contributed by atoms with Gasteiger partial charge in [0.05, 0.1) is 11.6 Å². The summed E-state index contributed by atoms with van der Waals surface area (Å²) < 4.78 is 2.33. The van der Waals surface area contributed by atoms with E-state index in [-0.39, 0.29) is 0 Å². The molecule has 4 aromatic rings. The van der Waals surface area contributed by atoms with Crippen LogP contribution in [0.2, 0.25) is 0 Å². The maximum Gasteiger partial charge on any atom is 0.0992 e. The van der Waals surface area contributed by atoms with Crippen LogP contribution in [0.4, 0.5) is 0 Å². The highest BCUT2D eigenvalue weighted by molar-refractivity contribution is 5.83. The number of benzene rings is 3. The van der Waals surface area contributed by atoms with Gasteiger partial charge in [-0.1, -0.05) is 48.5 Å². The van der Waals surface area contributed by atoms with Gasteiger partial charge in [-0.3, -0.25) is 0 Å². The van der Waals surface area contributed by atoms with Crippen LogP contribution in [-0.4, -0.2) is 29.1 Å². The number of nitrogens with zero attached hydrogens (tertiary/aromatic N) is 3. The van der Waals surface area contributed by atoms with Crippen molar-refractivity contribution >= 4 is 21.7 Å². The molecular formula is C26H25N3. The molecule has 1 atom stereocenters. The van der Waals surface area contributed by atoms with Crippen molar-refractivity contribution < 1.29 is 0 Å². The summed E-state index contributed by atoms with van der Waals surface area (Å²) in [6, 6.07) is 25.8. The Hall–Kier alpha value is -3.09. The lowest BCUT2D eigenvalue weighted by Crippen LogP contribution is -2.24. The summed E-state index contributed by atoms with van der Waals surface area (Å²) in [5.41, 5.74) is 3.34. The van der Waals surface area contributed by atoms with Gasteiger partial charge in [0, 0.05) is 31.3 Å². The Morgan fingerprint density at radius 3 is 2.69 bits per heavy atom. The minimum Gasteiger partial charge on any atom is -0.347 e. The molecule has 0 spiro atoms. The number of rotatable bonds is 5. The van der Waals surface area contributed by atoms with Crippen LogP contribution in [0.15, 0.2) is 72.9 Å². The highest BCUT2D eigenvalue weighted by atomic mass is 15.1. The fraction of sp³-hybridized carbons (Fsp3) is 0.269. The van der Waals surface area contributed by atoms with Crippen molar-refractivity contribution in [2.45, 2.75) is 19.4 Å². The topological polar surface area (TPSA) is 32.0 Å². The van der Waals surface area contributed by atoms with Crippen molar-refractivity contribution in [1.82, 2.24) is 9.47 Å². The van der Waals surface area contributed by atoms with Crippen LogP contribution >= 0.6 is 0 Å². The lowest BCUT2D eigenvalue weighted by atomic mass is 10.1. The van der Waals surface area contributed by atoms with Gasteiger partial charge in [0.2, 0.25) is 0 Å². The average molecular weight is 380 g/mol. The summed E-state index contributed by atoms with van der Waals surface area (Å²) in [5.74, 6) is 0.674. The third kappa shape index (κ3) is 3.77. The molecule has 1 aliphatic heterocycles. The van der Waals surface area contributed by atoms with Crippen molar-refractivity contribution in [3.63, 3.8) is 0 Å². The summed E-state index contributed by atoms with van der Waals surface area (Å²) in [4.78, 5) is 2.60. The number of nitriles is 1. The molecule has 1 saturated heterocycles. The van der Waals surface area contributed by atoms with Gasteiger partial charge >= 0.3 is 0 Å². The number of aromatic nitrogens is 1. The second-order valence-electron chi connectivity index (χ2n) is 8.24. The summed E-state index contributed by atoms with van der Waals surface area (Å²) in [6.45, 7) is 4.50. The molecule has 3 nitrogen and oxygen atoms in total. The first-order valence-corrected chi connectivity index (χ1v) is 10.5. The minimum atomic E-state index is 0.674. The summed E-state index contributed by atoms with van der Waals surface area (Å²) in [7, 11) is 0. The van der Waals surface area contributed by atoms with E-state index in [1.165, 1.54) is 40.2 Å². The molecule has 144 valence electrons. The summed E-state index contributed by atoms with van der Waals surface area (Å²) in [6.07, 6.45) is 4.52. The zero-order valence-corrected chi connectivity index (χ0v) is 16.6. The van der Waals surface area contributed by atoms with Crippen molar-refractivity contribution in [1.29, 1.82) is 5.26 Å². The molecule has 3 heteroatoms. The smallest absolute Gasteiger partial charge is 0.0992 e. The van der Waals surface area contributed by atoms with Gasteiger partial charge in [-0.25, -0.2) is 0 Å². The molecule has 5 rings (SSSR count). The van der Waals surface area contributed by atoms with Gasteiger partial charge in [-0.15, -0.1) is 0 Å². The quantitative estimate of drug-likeness (QED) is 0.475. The van der Waals surface area contributed by atoms with Gasteiger partial charge in [-0.05, 0) is 65.2 Å². The van der Waals surface area contributed by atoms with Gasteiger partial charge in [0.1, 0.15) is 0 Å². The number of hydrogen-bond acceptors (Lipinski definition) is 2. The number of fused-ring (bicyclic) bond motifs is 2. The molecule has 1 unspecified atom stereocenters. The van der Waals surface area contributed by atoms with Crippen molar-refractivity contribution in [2.24, 2.45) is 5.92 Å². The van der Waals surface area contributed by atoms with Crippen LogP contribution in [0.1, 0.15) is 17.5 Å². The SMILES string of the molecule is N#Cc1ccc2ccn(CC3CCN(CCc4ccc5ccccc5c4)C3)c2c1. The Balaban J connectivity index is 1.21. The Morgan fingerprint density at radius 2 is 1.79 bits per heavy atom. The van der Waals surface area contributed by atoms with Crippen LogP contribution in [0, 0.1) is 17.2 Å². The van der Waals surface area contributed by atoms with E-state index >= 15 is 0 Å². The molecule has 0 bridgehead atoms. The lowest BCUT2D eigenvalue weighted by molar-refractivity contribution is 0.321. The Labute approximate surface area is 171 Å². The molecule has 3 aromatic carbocycles. The molecule has 2 heterocycles. The molecule has 1 aromatic heterocycles. The molecule has 0 saturated carbocycles. The molecule has 0 aliphatic carbocycles. The first kappa shape index (κ1) is 18.0. The van der Waals surface area contributed by atoms with Crippen LogP contribution < -0.4 is 0 Å². The highest BCUT2D eigenvalue weighted by Crippen LogP contribution is 2.24. The van der Waals surface area contributed by atoms with Crippen LogP contribution in [0.25, 0.3) is 21.7 Å². The van der Waals surface area contributed by atoms with Gasteiger partial charge in [0.25, 0.3) is 0 Å². The largest absolute Gasteiger partial charge is 0.347 e. The lowest BCUT2D eigenvalue weighted by Gasteiger charge is -2.17. The zero-order valence-electron chi connectivity index (χ0n) is 16.6. The normalized spacial score (nSPS) is 17.1.